The molecule has 4 aromatic rings. The first-order valence-corrected chi connectivity index (χ1v) is 11.3. The number of phenolic OH excluding ortho intramolecular Hbond substituents is 1. The van der Waals surface area contributed by atoms with Crippen LogP contribution in [0.1, 0.15) is 24.1 Å². The second-order valence-electron chi connectivity index (χ2n) is 7.75. The van der Waals surface area contributed by atoms with Crippen molar-refractivity contribution in [3.63, 3.8) is 0 Å². The summed E-state index contributed by atoms with van der Waals surface area (Å²) in [5.41, 5.74) is 2.42. The maximum atomic E-state index is 13.2. The number of methoxy groups -OCH3 is 1. The number of ether oxygens (including phenoxy) is 2. The third kappa shape index (κ3) is 3.99. The third-order valence-corrected chi connectivity index (χ3v) is 6.22. The van der Waals surface area contributed by atoms with Gasteiger partial charge in [-0.2, -0.15) is 0 Å². The van der Waals surface area contributed by atoms with E-state index >= 15 is 0 Å². The topological polar surface area (TPSA) is 73.1 Å². The van der Waals surface area contributed by atoms with Crippen LogP contribution in [0.3, 0.4) is 0 Å². The molecule has 1 saturated carbocycles. The first-order chi connectivity index (χ1) is 15.6. The minimum atomic E-state index is -0.155. The van der Waals surface area contributed by atoms with Gasteiger partial charge >= 0.3 is 0 Å². The molecule has 2 heterocycles. The van der Waals surface area contributed by atoms with Gasteiger partial charge in [-0.15, -0.1) is 11.3 Å². The first kappa shape index (κ1) is 20.3. The molecule has 0 radical (unpaired) electrons. The van der Waals surface area contributed by atoms with E-state index in [9.17, 15) is 9.90 Å². The van der Waals surface area contributed by atoms with Crippen LogP contribution in [0, 0.1) is 5.92 Å². The molecule has 0 unspecified atom stereocenters. The molecule has 0 saturated heterocycles. The number of rotatable bonds is 7. The molecular weight excluding hydrogens is 424 g/mol. The Bertz CT molecular complexity index is 1350. The lowest BCUT2D eigenvalue weighted by Gasteiger charge is -2.13. The molecule has 162 valence electrons. The number of phenols is 1. The molecule has 0 bridgehead atoms. The summed E-state index contributed by atoms with van der Waals surface area (Å²) in [4.78, 5) is 18.6. The number of benzene rings is 2. The van der Waals surface area contributed by atoms with Gasteiger partial charge in [0.25, 0.3) is 5.56 Å². The van der Waals surface area contributed by atoms with Gasteiger partial charge in [0.15, 0.2) is 16.5 Å². The Kier molecular flexibility index (Phi) is 5.41. The fourth-order valence-corrected chi connectivity index (χ4v) is 4.26. The van der Waals surface area contributed by atoms with Crippen LogP contribution in [-0.4, -0.2) is 28.2 Å². The number of nitrogens with zero attached hydrogens (tertiary/aromatic N) is 2. The predicted molar refractivity (Wildman–Crippen MR) is 127 cm³/mol. The fraction of sp³-hybridized carbons (Fsp3) is 0.200. The summed E-state index contributed by atoms with van der Waals surface area (Å²) in [5, 5.41) is 11.5. The highest BCUT2D eigenvalue weighted by Crippen LogP contribution is 2.36. The number of aromatic nitrogens is 2. The Labute approximate surface area is 189 Å². The number of fused-ring (bicyclic) bond motifs is 1. The SMILES string of the molecule is COc1cccc(/C=C/c2nc3sccn3c(=O)c2-c2ccc(O)cc2)c1OCC1CC1. The Hall–Kier alpha value is -3.58. The summed E-state index contributed by atoms with van der Waals surface area (Å²) in [5.74, 6) is 2.12. The van der Waals surface area contributed by atoms with Gasteiger partial charge in [-0.3, -0.25) is 9.20 Å². The Morgan fingerprint density at radius 2 is 2.00 bits per heavy atom. The van der Waals surface area contributed by atoms with E-state index in [-0.39, 0.29) is 11.3 Å². The maximum absolute atomic E-state index is 13.2. The molecule has 5 rings (SSSR count). The molecule has 7 heteroatoms. The highest BCUT2D eigenvalue weighted by Gasteiger charge is 2.23. The summed E-state index contributed by atoms with van der Waals surface area (Å²) in [6, 6.07) is 12.3. The van der Waals surface area contributed by atoms with Crippen LogP contribution < -0.4 is 15.0 Å². The lowest BCUT2D eigenvalue weighted by atomic mass is 10.0. The van der Waals surface area contributed by atoms with Crippen molar-refractivity contribution < 1.29 is 14.6 Å². The summed E-state index contributed by atoms with van der Waals surface area (Å²) in [7, 11) is 1.63. The van der Waals surface area contributed by atoms with Crippen LogP contribution in [0.15, 0.2) is 58.8 Å². The minimum Gasteiger partial charge on any atom is -0.508 e. The fourth-order valence-electron chi connectivity index (χ4n) is 3.55. The average Bonchev–Trinajstić information content (AvgIpc) is 3.52. The van der Waals surface area contributed by atoms with E-state index in [1.54, 1.807) is 42.0 Å². The number of thiazole rings is 1. The van der Waals surface area contributed by atoms with Crippen molar-refractivity contribution in [3.05, 3.63) is 75.7 Å². The van der Waals surface area contributed by atoms with E-state index in [4.69, 9.17) is 14.5 Å². The monoisotopic (exact) mass is 446 g/mol. The Morgan fingerprint density at radius 3 is 2.75 bits per heavy atom. The summed E-state index contributed by atoms with van der Waals surface area (Å²) in [6.45, 7) is 0.667. The van der Waals surface area contributed by atoms with Crippen LogP contribution in [0.4, 0.5) is 0 Å². The van der Waals surface area contributed by atoms with E-state index in [0.717, 1.165) is 5.56 Å². The zero-order chi connectivity index (χ0) is 22.1. The van der Waals surface area contributed by atoms with Crippen molar-refractivity contribution in [2.45, 2.75) is 12.8 Å². The first-order valence-electron chi connectivity index (χ1n) is 10.4. The van der Waals surface area contributed by atoms with Gasteiger partial charge in [-0.05, 0) is 54.7 Å². The molecule has 0 atom stereocenters. The van der Waals surface area contributed by atoms with Gasteiger partial charge in [0.05, 0.1) is 25.0 Å². The zero-order valence-corrected chi connectivity index (χ0v) is 18.3. The lowest BCUT2D eigenvalue weighted by Crippen LogP contribution is -2.16. The number of hydrogen-bond donors (Lipinski definition) is 1. The highest BCUT2D eigenvalue weighted by atomic mass is 32.1. The van der Waals surface area contributed by atoms with Crippen molar-refractivity contribution >= 4 is 28.4 Å². The Balaban J connectivity index is 1.60. The Morgan fingerprint density at radius 1 is 1.19 bits per heavy atom. The zero-order valence-electron chi connectivity index (χ0n) is 17.5. The highest BCUT2D eigenvalue weighted by molar-refractivity contribution is 7.15. The van der Waals surface area contributed by atoms with E-state index in [2.05, 4.69) is 0 Å². The van der Waals surface area contributed by atoms with E-state index < -0.39 is 0 Å². The quantitative estimate of drug-likeness (QED) is 0.428. The van der Waals surface area contributed by atoms with Crippen LogP contribution >= 0.6 is 11.3 Å². The average molecular weight is 447 g/mol. The van der Waals surface area contributed by atoms with Crippen LogP contribution in [0.2, 0.25) is 0 Å². The van der Waals surface area contributed by atoms with Gasteiger partial charge in [-0.25, -0.2) is 4.98 Å². The molecule has 1 fully saturated rings. The molecule has 1 aliphatic rings. The van der Waals surface area contributed by atoms with Crippen molar-refractivity contribution in [3.8, 4) is 28.4 Å². The molecule has 1 N–H and O–H groups in total. The van der Waals surface area contributed by atoms with E-state index in [1.165, 1.54) is 24.2 Å². The number of para-hydroxylation sites is 1. The second kappa shape index (κ2) is 8.51. The standard InChI is InChI=1S/C25H22N2O4S/c1-30-21-4-2-3-18(23(21)31-15-16-5-6-16)9-12-20-22(17-7-10-19(28)11-8-17)24(29)27-13-14-32-25(27)26-20/h2-4,7-14,16,28H,5-6,15H2,1H3/b12-9+. The molecule has 0 aliphatic heterocycles. The normalized spacial score (nSPS) is 13.7. The van der Waals surface area contributed by atoms with Crippen molar-refractivity contribution in [1.29, 1.82) is 0 Å². The molecule has 6 nitrogen and oxygen atoms in total. The van der Waals surface area contributed by atoms with Gasteiger partial charge < -0.3 is 14.6 Å². The largest absolute Gasteiger partial charge is 0.508 e. The molecule has 0 spiro atoms. The summed E-state index contributed by atoms with van der Waals surface area (Å²) < 4.78 is 13.1. The second-order valence-corrected chi connectivity index (χ2v) is 8.62. The van der Waals surface area contributed by atoms with E-state index in [0.29, 0.717) is 45.8 Å². The van der Waals surface area contributed by atoms with Crippen molar-refractivity contribution in [2.75, 3.05) is 13.7 Å². The van der Waals surface area contributed by atoms with Crippen molar-refractivity contribution in [1.82, 2.24) is 9.38 Å². The van der Waals surface area contributed by atoms with E-state index in [1.807, 2.05) is 35.7 Å². The van der Waals surface area contributed by atoms with Crippen molar-refractivity contribution in [2.24, 2.45) is 5.92 Å². The third-order valence-electron chi connectivity index (χ3n) is 5.46. The number of hydrogen-bond acceptors (Lipinski definition) is 6. The molecular formula is C25H22N2O4S. The van der Waals surface area contributed by atoms with Crippen LogP contribution in [0.5, 0.6) is 17.2 Å². The van der Waals surface area contributed by atoms with Crippen LogP contribution in [0.25, 0.3) is 28.2 Å². The minimum absolute atomic E-state index is 0.143. The maximum Gasteiger partial charge on any atom is 0.266 e. The molecule has 0 amide bonds. The lowest BCUT2D eigenvalue weighted by molar-refractivity contribution is 0.280. The molecule has 32 heavy (non-hydrogen) atoms. The summed E-state index contributed by atoms with van der Waals surface area (Å²) >= 11 is 1.40. The molecule has 2 aromatic carbocycles. The van der Waals surface area contributed by atoms with Gasteiger partial charge in [0, 0.05) is 17.1 Å². The van der Waals surface area contributed by atoms with Gasteiger partial charge in [0.2, 0.25) is 0 Å². The van der Waals surface area contributed by atoms with Gasteiger partial charge in [-0.1, -0.05) is 24.3 Å². The molecule has 2 aromatic heterocycles. The molecule has 1 aliphatic carbocycles. The summed E-state index contributed by atoms with van der Waals surface area (Å²) in [6.07, 6.45) is 7.86. The van der Waals surface area contributed by atoms with Crippen LogP contribution in [-0.2, 0) is 0 Å². The van der Waals surface area contributed by atoms with Gasteiger partial charge in [0.1, 0.15) is 5.75 Å². The smallest absolute Gasteiger partial charge is 0.266 e. The predicted octanol–water partition coefficient (Wildman–Crippen LogP) is 5.10. The number of aromatic hydroxyl groups is 1.